The maximum Gasteiger partial charge on any atom is 0.233 e. The average Bonchev–Trinajstić information content (AvgIpc) is 2.12. The highest BCUT2D eigenvalue weighted by atomic mass is 79.9. The van der Waals surface area contributed by atoms with Gasteiger partial charge in [0.2, 0.25) is 5.91 Å². The normalized spacial score (nSPS) is 26.5. The summed E-state index contributed by atoms with van der Waals surface area (Å²) in [4.78, 5) is 11.5. The molecule has 0 aromatic carbocycles. The van der Waals surface area contributed by atoms with Crippen LogP contribution in [0, 0.1) is 0 Å². The van der Waals surface area contributed by atoms with Gasteiger partial charge in [0.1, 0.15) is 0 Å². The molecule has 0 aromatic rings. The summed E-state index contributed by atoms with van der Waals surface area (Å²) in [5.41, 5.74) is -0.648. The molecule has 17 heavy (non-hydrogen) atoms. The number of hydroxylamine groups is 2. The van der Waals surface area contributed by atoms with Crippen LogP contribution in [0.4, 0.5) is 0 Å². The van der Waals surface area contributed by atoms with Crippen LogP contribution in [0.1, 0.15) is 47.5 Å². The first-order valence-electron chi connectivity index (χ1n) is 6.00. The van der Waals surface area contributed by atoms with Crippen molar-refractivity contribution in [1.82, 2.24) is 10.4 Å². The second-order valence-electron chi connectivity index (χ2n) is 6.17. The minimum atomic E-state index is -0.324. The number of piperidine rings is 1. The molecular weight excluding hydrogens is 284 g/mol. The Bertz CT molecular complexity index is 285. The van der Waals surface area contributed by atoms with Gasteiger partial charge in [-0.05, 0) is 47.5 Å². The van der Waals surface area contributed by atoms with E-state index in [-0.39, 0.29) is 27.9 Å². The molecule has 0 saturated carbocycles. The smallest absolute Gasteiger partial charge is 0.233 e. The lowest BCUT2D eigenvalue weighted by Gasteiger charge is -2.51. The number of carbonyl (C=O) groups excluding carboxylic acids is 1. The fraction of sp³-hybridized carbons (Fsp3) is 0.917. The molecule has 1 unspecified atom stereocenters. The molecule has 4 nitrogen and oxygen atoms in total. The van der Waals surface area contributed by atoms with Crippen molar-refractivity contribution in [2.24, 2.45) is 0 Å². The van der Waals surface area contributed by atoms with E-state index < -0.39 is 0 Å². The molecule has 0 aliphatic carbocycles. The zero-order chi connectivity index (χ0) is 13.4. The van der Waals surface area contributed by atoms with Gasteiger partial charge in [0.15, 0.2) is 0 Å². The minimum Gasteiger partial charge on any atom is -0.352 e. The third kappa shape index (κ3) is 3.42. The van der Waals surface area contributed by atoms with Gasteiger partial charge in [0, 0.05) is 17.1 Å². The molecule has 1 amide bonds. The molecule has 1 rings (SSSR count). The van der Waals surface area contributed by atoms with Crippen LogP contribution < -0.4 is 5.32 Å². The van der Waals surface area contributed by atoms with E-state index in [9.17, 15) is 10.0 Å². The third-order valence-corrected chi connectivity index (χ3v) is 3.76. The molecule has 1 fully saturated rings. The fourth-order valence-corrected chi connectivity index (χ4v) is 2.82. The standard InChI is InChI=1S/C12H23BrN2O2/c1-8(13)10(16)14-9-6-11(2,3)15(17)12(4,5)7-9/h8-9,17H,6-7H2,1-5H3,(H,14,16). The SMILES string of the molecule is CC(Br)C(=O)NC1CC(C)(C)N(O)C(C)(C)C1. The van der Waals surface area contributed by atoms with Gasteiger partial charge in [-0.2, -0.15) is 5.06 Å². The third-order valence-electron chi connectivity index (χ3n) is 3.35. The molecule has 1 aliphatic rings. The number of hydrogen-bond donors (Lipinski definition) is 2. The van der Waals surface area contributed by atoms with Crippen molar-refractivity contribution in [3.05, 3.63) is 0 Å². The Hall–Kier alpha value is -0.130. The number of nitrogens with zero attached hydrogens (tertiary/aromatic N) is 1. The molecule has 0 radical (unpaired) electrons. The Labute approximate surface area is 112 Å². The van der Waals surface area contributed by atoms with Crippen molar-refractivity contribution in [3.8, 4) is 0 Å². The van der Waals surface area contributed by atoms with Crippen LogP contribution in [-0.4, -0.2) is 38.1 Å². The van der Waals surface area contributed by atoms with E-state index in [0.29, 0.717) is 0 Å². The summed E-state index contributed by atoms with van der Waals surface area (Å²) in [7, 11) is 0. The highest BCUT2D eigenvalue weighted by Crippen LogP contribution is 2.36. The van der Waals surface area contributed by atoms with Gasteiger partial charge in [-0.3, -0.25) is 4.79 Å². The van der Waals surface area contributed by atoms with Gasteiger partial charge in [-0.15, -0.1) is 0 Å². The van der Waals surface area contributed by atoms with E-state index in [1.54, 1.807) is 0 Å². The lowest BCUT2D eigenvalue weighted by atomic mass is 9.79. The van der Waals surface area contributed by atoms with E-state index in [1.807, 2.05) is 34.6 Å². The molecule has 1 atom stereocenters. The Kier molecular flexibility index (Phi) is 4.27. The highest BCUT2D eigenvalue weighted by molar-refractivity contribution is 9.10. The number of rotatable bonds is 2. The monoisotopic (exact) mass is 306 g/mol. The summed E-state index contributed by atoms with van der Waals surface area (Å²) >= 11 is 3.26. The van der Waals surface area contributed by atoms with Crippen molar-refractivity contribution >= 4 is 21.8 Å². The molecule has 0 bridgehead atoms. The number of hydrogen-bond acceptors (Lipinski definition) is 3. The number of alkyl halides is 1. The summed E-state index contributed by atoms with van der Waals surface area (Å²) in [6.45, 7) is 9.78. The maximum atomic E-state index is 11.7. The first-order chi connectivity index (χ1) is 7.56. The number of amides is 1. The highest BCUT2D eigenvalue weighted by Gasteiger charge is 2.45. The first-order valence-corrected chi connectivity index (χ1v) is 6.91. The minimum absolute atomic E-state index is 0.00740. The molecule has 1 saturated heterocycles. The largest absolute Gasteiger partial charge is 0.352 e. The van der Waals surface area contributed by atoms with Crippen LogP contribution in [0.15, 0.2) is 0 Å². The van der Waals surface area contributed by atoms with Crippen LogP contribution in [0.5, 0.6) is 0 Å². The topological polar surface area (TPSA) is 52.6 Å². The molecule has 1 aliphatic heterocycles. The second-order valence-corrected chi connectivity index (χ2v) is 7.54. The molecule has 0 aromatic heterocycles. The van der Waals surface area contributed by atoms with E-state index in [1.165, 1.54) is 5.06 Å². The van der Waals surface area contributed by atoms with Gasteiger partial charge < -0.3 is 10.5 Å². The Balaban J connectivity index is 2.75. The lowest BCUT2D eigenvalue weighted by molar-refractivity contribution is -0.246. The van der Waals surface area contributed by atoms with Crippen molar-refractivity contribution in [3.63, 3.8) is 0 Å². The maximum absolute atomic E-state index is 11.7. The predicted octanol–water partition coefficient (Wildman–Crippen LogP) is 2.30. The summed E-state index contributed by atoms with van der Waals surface area (Å²) in [5.74, 6) is 0.00740. The summed E-state index contributed by atoms with van der Waals surface area (Å²) < 4.78 is 0. The van der Waals surface area contributed by atoms with Gasteiger partial charge in [-0.1, -0.05) is 15.9 Å². The second kappa shape index (κ2) is 4.86. The van der Waals surface area contributed by atoms with Crippen molar-refractivity contribution in [2.75, 3.05) is 0 Å². The molecular formula is C12H23BrN2O2. The lowest BCUT2D eigenvalue weighted by Crippen LogP contribution is -2.63. The number of nitrogens with one attached hydrogen (secondary N) is 1. The Morgan fingerprint density at radius 1 is 1.35 bits per heavy atom. The quantitative estimate of drug-likeness (QED) is 0.770. The Morgan fingerprint density at radius 2 is 1.76 bits per heavy atom. The molecule has 100 valence electrons. The van der Waals surface area contributed by atoms with E-state index in [2.05, 4.69) is 21.2 Å². The van der Waals surface area contributed by atoms with E-state index in [0.717, 1.165) is 12.8 Å². The summed E-state index contributed by atoms with van der Waals surface area (Å²) in [5, 5.41) is 14.6. The van der Waals surface area contributed by atoms with E-state index in [4.69, 9.17) is 0 Å². The Morgan fingerprint density at radius 3 is 2.12 bits per heavy atom. The van der Waals surface area contributed by atoms with Crippen molar-refractivity contribution in [1.29, 1.82) is 0 Å². The van der Waals surface area contributed by atoms with E-state index >= 15 is 0 Å². The van der Waals surface area contributed by atoms with Crippen LogP contribution in [0.25, 0.3) is 0 Å². The molecule has 5 heteroatoms. The van der Waals surface area contributed by atoms with Crippen LogP contribution in [0.2, 0.25) is 0 Å². The zero-order valence-electron chi connectivity index (χ0n) is 11.2. The predicted molar refractivity (Wildman–Crippen MR) is 71.3 cm³/mol. The number of halogens is 1. The van der Waals surface area contributed by atoms with Gasteiger partial charge >= 0.3 is 0 Å². The van der Waals surface area contributed by atoms with Crippen LogP contribution in [-0.2, 0) is 4.79 Å². The van der Waals surface area contributed by atoms with Crippen LogP contribution >= 0.6 is 15.9 Å². The fourth-order valence-electron chi connectivity index (χ4n) is 2.69. The van der Waals surface area contributed by atoms with Crippen molar-refractivity contribution < 1.29 is 10.0 Å². The summed E-state index contributed by atoms with van der Waals surface area (Å²) in [6.07, 6.45) is 1.50. The first kappa shape index (κ1) is 14.9. The molecule has 0 spiro atoms. The van der Waals surface area contributed by atoms with Crippen molar-refractivity contribution in [2.45, 2.75) is 69.4 Å². The number of carbonyl (C=O) groups is 1. The van der Waals surface area contributed by atoms with Gasteiger partial charge in [0.05, 0.1) is 4.83 Å². The van der Waals surface area contributed by atoms with Gasteiger partial charge in [0.25, 0.3) is 0 Å². The van der Waals surface area contributed by atoms with Crippen LogP contribution in [0.3, 0.4) is 0 Å². The van der Waals surface area contributed by atoms with Gasteiger partial charge in [-0.25, -0.2) is 0 Å². The molecule has 2 N–H and O–H groups in total. The summed E-state index contributed by atoms with van der Waals surface area (Å²) in [6, 6.07) is 0.107. The molecule has 1 heterocycles. The zero-order valence-corrected chi connectivity index (χ0v) is 12.8. The average molecular weight is 307 g/mol.